The zero-order valence-corrected chi connectivity index (χ0v) is 12.2. The van der Waals surface area contributed by atoms with Gasteiger partial charge in [-0.1, -0.05) is 6.07 Å². The van der Waals surface area contributed by atoms with Crippen molar-refractivity contribution in [3.8, 4) is 0 Å². The maximum atomic E-state index is 13.2. The van der Waals surface area contributed by atoms with E-state index in [2.05, 4.69) is 16.8 Å². The Kier molecular flexibility index (Phi) is 3.40. The molecule has 2 heterocycles. The molecule has 1 aromatic carbocycles. The second kappa shape index (κ2) is 4.95. The van der Waals surface area contributed by atoms with Crippen molar-refractivity contribution in [3.63, 3.8) is 0 Å². The summed E-state index contributed by atoms with van der Waals surface area (Å²) >= 11 is 0. The number of sulfone groups is 1. The highest BCUT2D eigenvalue weighted by Gasteiger charge is 2.31. The quantitative estimate of drug-likeness (QED) is 0.822. The molecule has 0 saturated carbocycles. The van der Waals surface area contributed by atoms with Gasteiger partial charge in [0, 0.05) is 32.7 Å². The first-order valence-corrected chi connectivity index (χ1v) is 8.11. The molecule has 0 atom stereocenters. The highest BCUT2D eigenvalue weighted by atomic mass is 32.2. The van der Waals surface area contributed by atoms with Crippen LogP contribution in [0.4, 0.5) is 4.39 Å². The molecule has 0 amide bonds. The molecule has 0 bridgehead atoms. The van der Waals surface area contributed by atoms with Gasteiger partial charge in [0.2, 0.25) is 9.84 Å². The van der Waals surface area contributed by atoms with Crippen LogP contribution in [0.15, 0.2) is 28.0 Å². The van der Waals surface area contributed by atoms with E-state index < -0.39 is 15.7 Å². The first-order valence-electron chi connectivity index (χ1n) is 6.63. The number of nitrogens with zero attached hydrogens (tertiary/aromatic N) is 2. The van der Waals surface area contributed by atoms with E-state index in [-0.39, 0.29) is 4.90 Å². The van der Waals surface area contributed by atoms with E-state index in [0.717, 1.165) is 32.2 Å². The molecule has 0 N–H and O–H groups in total. The third kappa shape index (κ3) is 2.39. The molecule has 0 unspecified atom stereocenters. The van der Waals surface area contributed by atoms with Crippen molar-refractivity contribution in [2.45, 2.75) is 4.90 Å². The normalized spacial score (nSPS) is 22.6. The van der Waals surface area contributed by atoms with Gasteiger partial charge in [-0.05, 0) is 30.8 Å². The molecule has 1 saturated heterocycles. The SMILES string of the molecule is CN1CCN(CC2=Cc3ccc(F)cc3S2(=O)=O)CC1. The third-order valence-electron chi connectivity index (χ3n) is 3.90. The van der Waals surface area contributed by atoms with Gasteiger partial charge in [-0.2, -0.15) is 0 Å². The molecule has 2 aliphatic heterocycles. The van der Waals surface area contributed by atoms with Crippen LogP contribution in [0.25, 0.3) is 6.08 Å². The van der Waals surface area contributed by atoms with Crippen LogP contribution in [-0.4, -0.2) is 58.0 Å². The number of likely N-dealkylation sites (N-methyl/N-ethyl adjacent to an activating group) is 1. The Labute approximate surface area is 118 Å². The van der Waals surface area contributed by atoms with Gasteiger partial charge in [0.05, 0.1) is 9.80 Å². The van der Waals surface area contributed by atoms with Crippen molar-refractivity contribution >= 4 is 15.9 Å². The first kappa shape index (κ1) is 13.7. The molecule has 0 aromatic heterocycles. The number of rotatable bonds is 2. The van der Waals surface area contributed by atoms with Crippen molar-refractivity contribution in [1.29, 1.82) is 0 Å². The number of piperazine rings is 1. The third-order valence-corrected chi connectivity index (χ3v) is 5.77. The summed E-state index contributed by atoms with van der Waals surface area (Å²) in [6, 6.07) is 3.93. The van der Waals surface area contributed by atoms with Gasteiger partial charge >= 0.3 is 0 Å². The zero-order valence-electron chi connectivity index (χ0n) is 11.3. The molecule has 0 spiro atoms. The highest BCUT2D eigenvalue weighted by Crippen LogP contribution is 2.33. The molecule has 2 aliphatic rings. The molecule has 3 rings (SSSR count). The van der Waals surface area contributed by atoms with Crippen molar-refractivity contribution in [2.24, 2.45) is 0 Å². The summed E-state index contributed by atoms with van der Waals surface area (Å²) in [5, 5.41) is 0. The van der Waals surface area contributed by atoms with E-state index in [0.29, 0.717) is 17.0 Å². The van der Waals surface area contributed by atoms with Crippen molar-refractivity contribution < 1.29 is 12.8 Å². The fourth-order valence-electron chi connectivity index (χ4n) is 2.61. The molecule has 6 heteroatoms. The van der Waals surface area contributed by atoms with E-state index in [1.54, 1.807) is 6.08 Å². The van der Waals surface area contributed by atoms with Crippen LogP contribution >= 0.6 is 0 Å². The smallest absolute Gasteiger partial charge is 0.204 e. The van der Waals surface area contributed by atoms with E-state index >= 15 is 0 Å². The highest BCUT2D eigenvalue weighted by molar-refractivity contribution is 7.95. The Hall–Kier alpha value is -1.24. The summed E-state index contributed by atoms with van der Waals surface area (Å²) in [7, 11) is -1.46. The van der Waals surface area contributed by atoms with Gasteiger partial charge in [0.15, 0.2) is 0 Å². The van der Waals surface area contributed by atoms with Crippen LogP contribution < -0.4 is 0 Å². The number of benzene rings is 1. The second-order valence-corrected chi connectivity index (χ2v) is 7.35. The van der Waals surface area contributed by atoms with Crippen LogP contribution in [0.5, 0.6) is 0 Å². The standard InChI is InChI=1S/C14H17FN2O2S/c1-16-4-6-17(7-5-16)10-13-8-11-2-3-12(15)9-14(11)20(13,18)19/h2-3,8-9H,4-7,10H2,1H3. The summed E-state index contributed by atoms with van der Waals surface area (Å²) < 4.78 is 38.0. The lowest BCUT2D eigenvalue weighted by molar-refractivity contribution is 0.166. The van der Waals surface area contributed by atoms with Gasteiger partial charge < -0.3 is 4.90 Å². The number of fused-ring (bicyclic) bond motifs is 1. The molecule has 20 heavy (non-hydrogen) atoms. The van der Waals surface area contributed by atoms with Gasteiger partial charge in [0.1, 0.15) is 5.82 Å². The van der Waals surface area contributed by atoms with Gasteiger partial charge in [-0.3, -0.25) is 4.90 Å². The lowest BCUT2D eigenvalue weighted by Gasteiger charge is -2.32. The Balaban J connectivity index is 1.83. The van der Waals surface area contributed by atoms with Crippen molar-refractivity contribution in [3.05, 3.63) is 34.5 Å². The molecule has 1 fully saturated rings. The van der Waals surface area contributed by atoms with E-state index in [9.17, 15) is 12.8 Å². The van der Waals surface area contributed by atoms with Crippen LogP contribution in [0.2, 0.25) is 0 Å². The summed E-state index contributed by atoms with van der Waals surface area (Å²) in [5.41, 5.74) is 0.593. The van der Waals surface area contributed by atoms with E-state index in [1.807, 2.05) is 0 Å². The van der Waals surface area contributed by atoms with Crippen LogP contribution in [0, 0.1) is 5.82 Å². The minimum Gasteiger partial charge on any atom is -0.304 e. The van der Waals surface area contributed by atoms with Crippen molar-refractivity contribution in [1.82, 2.24) is 9.80 Å². The van der Waals surface area contributed by atoms with Crippen molar-refractivity contribution in [2.75, 3.05) is 39.8 Å². The fourth-order valence-corrected chi connectivity index (χ4v) is 4.23. The average molecular weight is 296 g/mol. The number of hydrogen-bond acceptors (Lipinski definition) is 4. The molecule has 1 aromatic rings. The molecule has 0 aliphatic carbocycles. The Morgan fingerprint density at radius 3 is 2.60 bits per heavy atom. The van der Waals surface area contributed by atoms with E-state index in [4.69, 9.17) is 0 Å². The average Bonchev–Trinajstić information content (AvgIpc) is 2.65. The summed E-state index contributed by atoms with van der Waals surface area (Å²) in [6.07, 6.45) is 1.67. The molecule has 0 radical (unpaired) electrons. The Morgan fingerprint density at radius 1 is 1.20 bits per heavy atom. The monoisotopic (exact) mass is 296 g/mol. The molecule has 4 nitrogen and oxygen atoms in total. The van der Waals surface area contributed by atoms with Crippen LogP contribution in [0.3, 0.4) is 0 Å². The summed E-state index contributed by atoms with van der Waals surface area (Å²) in [4.78, 5) is 4.83. The first-order chi connectivity index (χ1) is 9.46. The molecular weight excluding hydrogens is 279 g/mol. The number of halogens is 1. The Morgan fingerprint density at radius 2 is 1.90 bits per heavy atom. The predicted molar refractivity (Wildman–Crippen MR) is 75.5 cm³/mol. The van der Waals surface area contributed by atoms with Gasteiger partial charge in [-0.15, -0.1) is 0 Å². The van der Waals surface area contributed by atoms with Crippen LogP contribution in [-0.2, 0) is 9.84 Å². The fraction of sp³-hybridized carbons (Fsp3) is 0.429. The maximum Gasteiger partial charge on any atom is 0.204 e. The lowest BCUT2D eigenvalue weighted by atomic mass is 10.2. The second-order valence-electron chi connectivity index (χ2n) is 5.38. The minimum atomic E-state index is -3.52. The number of hydrogen-bond donors (Lipinski definition) is 0. The summed E-state index contributed by atoms with van der Waals surface area (Å²) in [6.45, 7) is 4.00. The Bertz CT molecular complexity index is 662. The van der Waals surface area contributed by atoms with E-state index in [1.165, 1.54) is 12.1 Å². The topological polar surface area (TPSA) is 40.6 Å². The minimum absolute atomic E-state index is 0.0987. The molecular formula is C14H17FN2O2S. The predicted octanol–water partition coefficient (Wildman–Crippen LogP) is 1.20. The van der Waals surface area contributed by atoms with Gasteiger partial charge in [-0.25, -0.2) is 12.8 Å². The summed E-state index contributed by atoms with van der Waals surface area (Å²) in [5.74, 6) is -0.512. The lowest BCUT2D eigenvalue weighted by Crippen LogP contribution is -2.45. The maximum absolute atomic E-state index is 13.2. The zero-order chi connectivity index (χ0) is 14.3. The largest absolute Gasteiger partial charge is 0.304 e. The van der Waals surface area contributed by atoms with Gasteiger partial charge in [0.25, 0.3) is 0 Å². The van der Waals surface area contributed by atoms with Crippen LogP contribution in [0.1, 0.15) is 5.56 Å². The molecule has 108 valence electrons.